The number of rotatable bonds is 7. The van der Waals surface area contributed by atoms with Gasteiger partial charge in [0.2, 0.25) is 0 Å². The maximum Gasteiger partial charge on any atom is 0.416 e. The molecule has 1 atom stereocenters. The molecule has 4 heterocycles. The van der Waals surface area contributed by atoms with Crippen LogP contribution in [0.4, 0.5) is 19.0 Å². The number of hydrogen-bond acceptors (Lipinski definition) is 5. The summed E-state index contributed by atoms with van der Waals surface area (Å²) in [5.74, 6) is 0.489. The van der Waals surface area contributed by atoms with Gasteiger partial charge < -0.3 is 19.7 Å². The molecule has 214 valence electrons. The lowest BCUT2D eigenvalue weighted by Crippen LogP contribution is -2.42. The number of amides is 1. The molecule has 0 radical (unpaired) electrons. The highest BCUT2D eigenvalue weighted by atomic mass is 19.4. The molecule has 1 amide bonds. The van der Waals surface area contributed by atoms with Crippen LogP contribution in [0.15, 0.2) is 61.1 Å². The van der Waals surface area contributed by atoms with E-state index < -0.39 is 11.7 Å². The first kappa shape index (κ1) is 27.3. The van der Waals surface area contributed by atoms with Gasteiger partial charge in [-0.15, -0.1) is 0 Å². The van der Waals surface area contributed by atoms with Gasteiger partial charge in [0.1, 0.15) is 5.82 Å². The van der Waals surface area contributed by atoms with E-state index in [1.54, 1.807) is 18.6 Å². The van der Waals surface area contributed by atoms with Gasteiger partial charge in [-0.05, 0) is 74.7 Å². The third-order valence-electron chi connectivity index (χ3n) is 8.21. The van der Waals surface area contributed by atoms with Crippen molar-refractivity contribution in [3.05, 3.63) is 77.7 Å². The maximum absolute atomic E-state index is 14.2. The standard InChI is InChI=1S/C31H33F3N6O/c1-38-20-35-18-28(38)22-8-11-27-25(15-22)26(30(41)40-14-4-5-24(40)19-39-12-2-3-13-39)16-29(37-27)36-17-21-6-9-23(10-7-21)31(32,33)34/h6-11,15-16,18,20,24H,2-5,12-14,17,19H2,1H3,(H,36,37)/t24-/m0/s1. The molecule has 2 saturated heterocycles. The number of halogens is 3. The lowest BCUT2D eigenvalue weighted by atomic mass is 10.0. The number of aromatic nitrogens is 3. The number of hydrogen-bond donors (Lipinski definition) is 1. The zero-order valence-electron chi connectivity index (χ0n) is 23.0. The molecule has 41 heavy (non-hydrogen) atoms. The van der Waals surface area contributed by atoms with Crippen LogP contribution in [0.25, 0.3) is 22.2 Å². The van der Waals surface area contributed by atoms with Crippen molar-refractivity contribution in [2.75, 3.05) is 31.5 Å². The van der Waals surface area contributed by atoms with E-state index >= 15 is 0 Å². The van der Waals surface area contributed by atoms with Crippen molar-refractivity contribution < 1.29 is 18.0 Å². The van der Waals surface area contributed by atoms with Gasteiger partial charge in [0.15, 0.2) is 0 Å². The predicted molar refractivity (Wildman–Crippen MR) is 152 cm³/mol. The van der Waals surface area contributed by atoms with Crippen LogP contribution in [-0.4, -0.2) is 62.5 Å². The summed E-state index contributed by atoms with van der Waals surface area (Å²) in [5.41, 5.74) is 3.12. The van der Waals surface area contributed by atoms with Crippen LogP contribution in [0.5, 0.6) is 0 Å². The van der Waals surface area contributed by atoms with Crippen molar-refractivity contribution in [1.82, 2.24) is 24.3 Å². The van der Waals surface area contributed by atoms with Crippen LogP contribution in [-0.2, 0) is 19.8 Å². The number of benzene rings is 2. The molecule has 0 spiro atoms. The highest BCUT2D eigenvalue weighted by Gasteiger charge is 2.33. The molecule has 2 aliphatic rings. The average molecular weight is 563 g/mol. The van der Waals surface area contributed by atoms with Crippen LogP contribution in [0.3, 0.4) is 0 Å². The normalized spacial score (nSPS) is 18.0. The Labute approximate surface area is 237 Å². The van der Waals surface area contributed by atoms with Gasteiger partial charge in [-0.2, -0.15) is 13.2 Å². The second-order valence-corrected chi connectivity index (χ2v) is 11.0. The van der Waals surface area contributed by atoms with E-state index in [1.165, 1.54) is 25.0 Å². The Kier molecular flexibility index (Phi) is 7.42. The first-order valence-electron chi connectivity index (χ1n) is 14.1. The molecule has 2 aromatic heterocycles. The highest BCUT2D eigenvalue weighted by Crippen LogP contribution is 2.32. The topological polar surface area (TPSA) is 66.3 Å². The number of carbonyl (C=O) groups excluding carboxylic acids is 1. The summed E-state index contributed by atoms with van der Waals surface area (Å²) >= 11 is 0. The Morgan fingerprint density at radius 3 is 2.51 bits per heavy atom. The summed E-state index contributed by atoms with van der Waals surface area (Å²) in [5, 5.41) is 4.00. The van der Waals surface area contributed by atoms with E-state index in [2.05, 4.69) is 15.2 Å². The number of pyridine rings is 1. The molecule has 2 fully saturated rings. The van der Waals surface area contributed by atoms with E-state index in [-0.39, 0.29) is 18.5 Å². The zero-order chi connectivity index (χ0) is 28.6. The van der Waals surface area contributed by atoms with Crippen LogP contribution in [0.2, 0.25) is 0 Å². The molecule has 4 aromatic rings. The third kappa shape index (κ3) is 5.79. The van der Waals surface area contributed by atoms with Gasteiger partial charge >= 0.3 is 6.18 Å². The molecule has 0 saturated carbocycles. The van der Waals surface area contributed by atoms with Crippen LogP contribution in [0.1, 0.15) is 47.2 Å². The first-order chi connectivity index (χ1) is 19.8. The van der Waals surface area contributed by atoms with Crippen molar-refractivity contribution in [2.45, 2.75) is 44.4 Å². The number of nitrogens with one attached hydrogen (secondary N) is 1. The molecule has 1 N–H and O–H groups in total. The SMILES string of the molecule is Cn1cncc1-c1ccc2nc(NCc3ccc(C(F)(F)F)cc3)cc(C(=O)N3CCC[C@H]3CN3CCCC3)c2c1. The van der Waals surface area contributed by atoms with E-state index in [0.717, 1.165) is 67.8 Å². The number of aryl methyl sites for hydroxylation is 1. The molecule has 0 aliphatic carbocycles. The number of imidazole rings is 1. The second kappa shape index (κ2) is 11.2. The van der Waals surface area contributed by atoms with Crippen molar-refractivity contribution >= 4 is 22.6 Å². The molecule has 2 aliphatic heterocycles. The Bertz CT molecular complexity index is 1540. The van der Waals surface area contributed by atoms with Crippen molar-refractivity contribution in [3.8, 4) is 11.3 Å². The molecule has 0 bridgehead atoms. The van der Waals surface area contributed by atoms with E-state index in [1.807, 2.05) is 34.7 Å². The molecule has 10 heteroatoms. The highest BCUT2D eigenvalue weighted by molar-refractivity contribution is 6.08. The minimum Gasteiger partial charge on any atom is -0.366 e. The van der Waals surface area contributed by atoms with E-state index in [9.17, 15) is 18.0 Å². The molecule has 6 rings (SSSR count). The third-order valence-corrected chi connectivity index (χ3v) is 8.21. The summed E-state index contributed by atoms with van der Waals surface area (Å²) in [7, 11) is 1.93. The van der Waals surface area contributed by atoms with Crippen LogP contribution < -0.4 is 5.32 Å². The number of likely N-dealkylation sites (tertiary alicyclic amines) is 2. The summed E-state index contributed by atoms with van der Waals surface area (Å²) < 4.78 is 40.9. The lowest BCUT2D eigenvalue weighted by molar-refractivity contribution is -0.137. The molecule has 0 unspecified atom stereocenters. The van der Waals surface area contributed by atoms with Crippen molar-refractivity contribution in [2.24, 2.45) is 7.05 Å². The minimum atomic E-state index is -4.38. The fraction of sp³-hybridized carbons (Fsp3) is 0.387. The van der Waals surface area contributed by atoms with Gasteiger partial charge in [-0.1, -0.05) is 18.2 Å². The number of alkyl halides is 3. The predicted octanol–water partition coefficient (Wildman–Crippen LogP) is 5.97. The summed E-state index contributed by atoms with van der Waals surface area (Å²) in [6, 6.07) is 12.9. The summed E-state index contributed by atoms with van der Waals surface area (Å²) in [4.78, 5) is 27.7. The Balaban J connectivity index is 1.32. The van der Waals surface area contributed by atoms with Crippen molar-refractivity contribution in [3.63, 3.8) is 0 Å². The van der Waals surface area contributed by atoms with E-state index in [0.29, 0.717) is 22.5 Å². The molecule has 2 aromatic carbocycles. The number of anilines is 1. The Morgan fingerprint density at radius 2 is 1.80 bits per heavy atom. The fourth-order valence-electron chi connectivity index (χ4n) is 6.00. The minimum absolute atomic E-state index is 0.0150. The van der Waals surface area contributed by atoms with Crippen LogP contribution >= 0.6 is 0 Å². The summed E-state index contributed by atoms with van der Waals surface area (Å²) in [6.07, 6.45) is 3.55. The maximum atomic E-state index is 14.2. The quantitative estimate of drug-likeness (QED) is 0.301. The summed E-state index contributed by atoms with van der Waals surface area (Å²) in [6.45, 7) is 4.06. The van der Waals surface area contributed by atoms with Crippen molar-refractivity contribution in [1.29, 1.82) is 0 Å². The van der Waals surface area contributed by atoms with Gasteiger partial charge in [0.05, 0.1) is 34.9 Å². The second-order valence-electron chi connectivity index (χ2n) is 11.0. The fourth-order valence-corrected chi connectivity index (χ4v) is 6.00. The van der Waals surface area contributed by atoms with Gasteiger partial charge in [0, 0.05) is 43.7 Å². The monoisotopic (exact) mass is 562 g/mol. The number of fused-ring (bicyclic) bond motifs is 1. The number of carbonyl (C=O) groups is 1. The van der Waals surface area contributed by atoms with E-state index in [4.69, 9.17) is 4.98 Å². The molecule has 7 nitrogen and oxygen atoms in total. The smallest absolute Gasteiger partial charge is 0.366 e. The Hall–Kier alpha value is -3.92. The first-order valence-corrected chi connectivity index (χ1v) is 14.1. The molecular weight excluding hydrogens is 529 g/mol. The van der Waals surface area contributed by atoms with Gasteiger partial charge in [0.25, 0.3) is 5.91 Å². The molecular formula is C31H33F3N6O. The Morgan fingerprint density at radius 1 is 1.02 bits per heavy atom. The van der Waals surface area contributed by atoms with Crippen LogP contribution in [0, 0.1) is 0 Å². The van der Waals surface area contributed by atoms with Gasteiger partial charge in [-0.25, -0.2) is 9.97 Å². The lowest BCUT2D eigenvalue weighted by Gasteiger charge is -2.29. The number of nitrogens with zero attached hydrogens (tertiary/aromatic N) is 5. The largest absolute Gasteiger partial charge is 0.416 e. The average Bonchev–Trinajstić information content (AvgIpc) is 3.74. The van der Waals surface area contributed by atoms with Gasteiger partial charge in [-0.3, -0.25) is 4.79 Å². The zero-order valence-corrected chi connectivity index (χ0v) is 23.0.